The zero-order valence-electron chi connectivity index (χ0n) is 8.75. The summed E-state index contributed by atoms with van der Waals surface area (Å²) in [5.41, 5.74) is 9.02. The first-order chi connectivity index (χ1) is 6.66. The Morgan fingerprint density at radius 2 is 2.14 bits per heavy atom. The number of anilines is 2. The van der Waals surface area contributed by atoms with Gasteiger partial charge in [-0.25, -0.2) is 0 Å². The molecule has 3 heteroatoms. The Labute approximate surface area is 84.9 Å². The Hall–Kier alpha value is -1.22. The zero-order valence-corrected chi connectivity index (χ0v) is 8.75. The minimum atomic E-state index is 0.584. The molecule has 0 aromatic heterocycles. The third kappa shape index (κ3) is 1.68. The van der Waals surface area contributed by atoms with Gasteiger partial charge in [0.15, 0.2) is 0 Å². The fraction of sp³-hybridized carbons (Fsp3) is 0.455. The van der Waals surface area contributed by atoms with Crippen molar-refractivity contribution >= 4 is 11.4 Å². The molecule has 2 rings (SSSR count). The summed E-state index contributed by atoms with van der Waals surface area (Å²) in [6.45, 7) is 4.29. The molecule has 0 saturated carbocycles. The molecule has 76 valence electrons. The summed E-state index contributed by atoms with van der Waals surface area (Å²) in [5, 5.41) is 3.50. The number of nitrogens with one attached hydrogen (secondary N) is 1. The molecule has 1 heterocycles. The van der Waals surface area contributed by atoms with Crippen molar-refractivity contribution in [2.75, 3.05) is 31.2 Å². The molecule has 1 aromatic carbocycles. The van der Waals surface area contributed by atoms with E-state index in [1.54, 1.807) is 0 Å². The first kappa shape index (κ1) is 9.34. The molecule has 1 fully saturated rings. The largest absolute Gasteiger partial charge is 0.398 e. The van der Waals surface area contributed by atoms with Crippen molar-refractivity contribution in [2.24, 2.45) is 0 Å². The normalized spacial score (nSPS) is 17.9. The van der Waals surface area contributed by atoms with Gasteiger partial charge < -0.3 is 16.0 Å². The highest BCUT2D eigenvalue weighted by molar-refractivity contribution is 5.63. The Morgan fingerprint density at radius 1 is 1.43 bits per heavy atom. The lowest BCUT2D eigenvalue weighted by atomic mass is 10.1. The monoisotopic (exact) mass is 191 g/mol. The topological polar surface area (TPSA) is 41.3 Å². The summed E-state index contributed by atoms with van der Waals surface area (Å²) in [6, 6.07) is 6.60. The average molecular weight is 191 g/mol. The van der Waals surface area contributed by atoms with Crippen LogP contribution < -0.4 is 11.1 Å². The molecule has 1 aliphatic heterocycles. The van der Waals surface area contributed by atoms with E-state index in [9.17, 15) is 0 Å². The number of likely N-dealkylation sites (tertiary alicyclic amines) is 1. The van der Waals surface area contributed by atoms with Gasteiger partial charge in [0.25, 0.3) is 0 Å². The first-order valence-corrected chi connectivity index (χ1v) is 4.97. The highest BCUT2D eigenvalue weighted by Gasteiger charge is 2.22. The van der Waals surface area contributed by atoms with Crippen molar-refractivity contribution < 1.29 is 0 Å². The number of nitrogens with zero attached hydrogens (tertiary/aromatic N) is 1. The van der Waals surface area contributed by atoms with E-state index in [-0.39, 0.29) is 0 Å². The average Bonchev–Trinajstić information content (AvgIpc) is 2.10. The van der Waals surface area contributed by atoms with Crippen molar-refractivity contribution in [3.63, 3.8) is 0 Å². The van der Waals surface area contributed by atoms with Gasteiger partial charge in [-0.3, -0.25) is 0 Å². The number of likely N-dealkylation sites (N-methyl/N-ethyl adjacent to an activating group) is 1. The highest BCUT2D eigenvalue weighted by atomic mass is 15.2. The lowest BCUT2D eigenvalue weighted by Crippen LogP contribution is -2.52. The van der Waals surface area contributed by atoms with E-state index >= 15 is 0 Å². The molecule has 0 atom stereocenters. The van der Waals surface area contributed by atoms with Gasteiger partial charge in [-0.05, 0) is 31.7 Å². The molecule has 0 spiro atoms. The van der Waals surface area contributed by atoms with Crippen LogP contribution in [0, 0.1) is 6.92 Å². The summed E-state index contributed by atoms with van der Waals surface area (Å²) in [6.07, 6.45) is 0. The molecule has 14 heavy (non-hydrogen) atoms. The van der Waals surface area contributed by atoms with Crippen molar-refractivity contribution in [1.29, 1.82) is 0 Å². The predicted octanol–water partition coefficient (Wildman–Crippen LogP) is 1.30. The Morgan fingerprint density at radius 3 is 2.79 bits per heavy atom. The smallest absolute Gasteiger partial charge is 0.0515 e. The lowest BCUT2D eigenvalue weighted by molar-refractivity contribution is 0.205. The standard InChI is InChI=1S/C11H17N3/c1-8-10(12)4-3-5-11(8)13-9-6-14(2)7-9/h3-5,9,13H,6-7,12H2,1-2H3. The fourth-order valence-corrected chi connectivity index (χ4v) is 1.82. The van der Waals surface area contributed by atoms with Crippen LogP contribution >= 0.6 is 0 Å². The van der Waals surface area contributed by atoms with Gasteiger partial charge in [0, 0.05) is 24.5 Å². The minimum absolute atomic E-state index is 0.584. The van der Waals surface area contributed by atoms with E-state index < -0.39 is 0 Å². The number of nitrogen functional groups attached to an aromatic ring is 1. The second-order valence-corrected chi connectivity index (χ2v) is 4.08. The number of rotatable bonds is 2. The van der Waals surface area contributed by atoms with Gasteiger partial charge in [0.1, 0.15) is 0 Å². The maximum Gasteiger partial charge on any atom is 0.0515 e. The molecule has 1 aliphatic rings. The molecule has 0 aliphatic carbocycles. The van der Waals surface area contributed by atoms with Gasteiger partial charge in [0.05, 0.1) is 6.04 Å². The van der Waals surface area contributed by atoms with Crippen molar-refractivity contribution in [1.82, 2.24) is 4.90 Å². The van der Waals surface area contributed by atoms with Gasteiger partial charge >= 0.3 is 0 Å². The van der Waals surface area contributed by atoms with E-state index in [1.165, 1.54) is 5.69 Å². The minimum Gasteiger partial charge on any atom is -0.398 e. The lowest BCUT2D eigenvalue weighted by Gasteiger charge is -2.37. The number of hydrogen-bond acceptors (Lipinski definition) is 3. The van der Waals surface area contributed by atoms with Crippen LogP contribution in [-0.4, -0.2) is 31.1 Å². The number of nitrogens with two attached hydrogens (primary N) is 1. The van der Waals surface area contributed by atoms with Crippen LogP contribution in [0.4, 0.5) is 11.4 Å². The summed E-state index contributed by atoms with van der Waals surface area (Å²) in [5.74, 6) is 0. The first-order valence-electron chi connectivity index (χ1n) is 4.97. The fourth-order valence-electron chi connectivity index (χ4n) is 1.82. The van der Waals surface area contributed by atoms with E-state index in [2.05, 4.69) is 30.3 Å². The molecular weight excluding hydrogens is 174 g/mol. The van der Waals surface area contributed by atoms with Crippen LogP contribution in [0.15, 0.2) is 18.2 Å². The third-order valence-electron chi connectivity index (χ3n) is 2.80. The summed E-state index contributed by atoms with van der Waals surface area (Å²) in [7, 11) is 2.13. The Kier molecular flexibility index (Phi) is 2.33. The van der Waals surface area contributed by atoms with Crippen LogP contribution in [0.25, 0.3) is 0 Å². The summed E-state index contributed by atoms with van der Waals surface area (Å²) in [4.78, 5) is 2.29. The second kappa shape index (κ2) is 3.50. The van der Waals surface area contributed by atoms with E-state index in [4.69, 9.17) is 5.73 Å². The van der Waals surface area contributed by atoms with Crippen LogP contribution in [0.1, 0.15) is 5.56 Å². The zero-order chi connectivity index (χ0) is 10.1. The van der Waals surface area contributed by atoms with E-state index in [0.717, 1.165) is 24.3 Å². The van der Waals surface area contributed by atoms with Gasteiger partial charge in [-0.2, -0.15) is 0 Å². The highest BCUT2D eigenvalue weighted by Crippen LogP contribution is 2.22. The van der Waals surface area contributed by atoms with Crippen molar-refractivity contribution in [2.45, 2.75) is 13.0 Å². The molecule has 3 nitrogen and oxygen atoms in total. The maximum absolute atomic E-state index is 5.83. The third-order valence-corrected chi connectivity index (χ3v) is 2.80. The number of hydrogen-bond donors (Lipinski definition) is 2. The quantitative estimate of drug-likeness (QED) is 0.692. The van der Waals surface area contributed by atoms with E-state index in [0.29, 0.717) is 6.04 Å². The van der Waals surface area contributed by atoms with Crippen molar-refractivity contribution in [3.8, 4) is 0 Å². The number of benzene rings is 1. The molecule has 3 N–H and O–H groups in total. The van der Waals surface area contributed by atoms with Gasteiger partial charge in [0.2, 0.25) is 0 Å². The summed E-state index contributed by atoms with van der Waals surface area (Å²) >= 11 is 0. The molecule has 1 aromatic rings. The molecule has 0 amide bonds. The summed E-state index contributed by atoms with van der Waals surface area (Å²) < 4.78 is 0. The molecular formula is C11H17N3. The maximum atomic E-state index is 5.83. The van der Waals surface area contributed by atoms with Crippen molar-refractivity contribution in [3.05, 3.63) is 23.8 Å². The Bertz CT molecular complexity index is 329. The van der Waals surface area contributed by atoms with Crippen LogP contribution in [-0.2, 0) is 0 Å². The molecule has 0 radical (unpaired) electrons. The molecule has 0 bridgehead atoms. The SMILES string of the molecule is Cc1c(N)cccc1NC1CN(C)C1. The van der Waals surface area contributed by atoms with Crippen LogP contribution in [0.3, 0.4) is 0 Å². The van der Waals surface area contributed by atoms with Gasteiger partial charge in [-0.15, -0.1) is 0 Å². The van der Waals surface area contributed by atoms with E-state index in [1.807, 2.05) is 12.1 Å². The van der Waals surface area contributed by atoms with Gasteiger partial charge in [-0.1, -0.05) is 6.07 Å². The van der Waals surface area contributed by atoms with Crippen LogP contribution in [0.5, 0.6) is 0 Å². The molecule has 1 saturated heterocycles. The molecule has 0 unspecified atom stereocenters. The van der Waals surface area contributed by atoms with Crippen LogP contribution in [0.2, 0.25) is 0 Å². The predicted molar refractivity (Wildman–Crippen MR) is 60.5 cm³/mol. The second-order valence-electron chi connectivity index (χ2n) is 4.08. The Balaban J connectivity index is 2.06.